The standard InChI is InChI=1S/C16H19N/c1-12-11-17-15(10-14(12)16(2,3)4)13-8-6-5-7-9-13/h5-11H,1-4H3/i1D3. The summed E-state index contributed by atoms with van der Waals surface area (Å²) in [6.07, 6.45) is 1.50. The first-order valence-corrected chi connectivity index (χ1v) is 5.76. The molecule has 2 rings (SSSR count). The molecule has 0 N–H and O–H groups in total. The monoisotopic (exact) mass is 228 g/mol. The van der Waals surface area contributed by atoms with E-state index in [1.165, 1.54) is 6.20 Å². The fourth-order valence-corrected chi connectivity index (χ4v) is 1.84. The van der Waals surface area contributed by atoms with Crippen LogP contribution in [-0.2, 0) is 5.41 Å². The van der Waals surface area contributed by atoms with Crippen molar-refractivity contribution >= 4 is 0 Å². The van der Waals surface area contributed by atoms with Crippen LogP contribution in [0.5, 0.6) is 0 Å². The lowest BCUT2D eigenvalue weighted by Gasteiger charge is -2.22. The Balaban J connectivity index is 2.62. The van der Waals surface area contributed by atoms with Gasteiger partial charge in [0.05, 0.1) is 5.69 Å². The largest absolute Gasteiger partial charge is 0.256 e. The number of aryl methyl sites for hydroxylation is 1. The second kappa shape index (κ2) is 4.33. The van der Waals surface area contributed by atoms with E-state index in [0.717, 1.165) is 16.8 Å². The van der Waals surface area contributed by atoms with Crippen molar-refractivity contribution in [2.75, 3.05) is 0 Å². The molecule has 1 aromatic carbocycles. The van der Waals surface area contributed by atoms with Gasteiger partial charge in [-0.1, -0.05) is 51.1 Å². The van der Waals surface area contributed by atoms with E-state index in [0.29, 0.717) is 5.56 Å². The molecule has 0 radical (unpaired) electrons. The second-order valence-electron chi connectivity index (χ2n) is 5.23. The fourth-order valence-electron chi connectivity index (χ4n) is 1.84. The van der Waals surface area contributed by atoms with Crippen LogP contribution < -0.4 is 0 Å². The van der Waals surface area contributed by atoms with E-state index in [1.54, 1.807) is 0 Å². The number of hydrogen-bond acceptors (Lipinski definition) is 1. The van der Waals surface area contributed by atoms with Gasteiger partial charge in [0.25, 0.3) is 0 Å². The Hall–Kier alpha value is -1.63. The maximum absolute atomic E-state index is 7.66. The number of nitrogens with zero attached hydrogens (tertiary/aromatic N) is 1. The van der Waals surface area contributed by atoms with Crippen molar-refractivity contribution in [2.45, 2.75) is 33.0 Å². The van der Waals surface area contributed by atoms with E-state index < -0.39 is 6.85 Å². The van der Waals surface area contributed by atoms with Crippen LogP contribution in [-0.4, -0.2) is 4.98 Å². The molecule has 1 heterocycles. The fraction of sp³-hybridized carbons (Fsp3) is 0.312. The SMILES string of the molecule is [2H]C([2H])([2H])c1cnc(-c2ccccc2)cc1C(C)(C)C. The lowest BCUT2D eigenvalue weighted by atomic mass is 9.84. The highest BCUT2D eigenvalue weighted by Gasteiger charge is 2.17. The summed E-state index contributed by atoms with van der Waals surface area (Å²) in [5.41, 5.74) is 2.73. The van der Waals surface area contributed by atoms with E-state index in [9.17, 15) is 0 Å². The maximum Gasteiger partial charge on any atom is 0.0705 e. The molecule has 1 heteroatoms. The molecule has 0 spiro atoms. The molecule has 2 aromatic rings. The van der Waals surface area contributed by atoms with Crippen LogP contribution >= 0.6 is 0 Å². The molecule has 0 aliphatic heterocycles. The number of rotatable bonds is 1. The lowest BCUT2D eigenvalue weighted by Crippen LogP contribution is -2.13. The molecule has 0 aliphatic rings. The van der Waals surface area contributed by atoms with Crippen LogP contribution in [0.3, 0.4) is 0 Å². The van der Waals surface area contributed by atoms with Gasteiger partial charge in [0, 0.05) is 15.9 Å². The van der Waals surface area contributed by atoms with E-state index >= 15 is 0 Å². The third-order valence-corrected chi connectivity index (χ3v) is 2.78. The first kappa shape index (κ1) is 8.46. The summed E-state index contributed by atoms with van der Waals surface area (Å²) in [6.45, 7) is 3.93. The highest BCUT2D eigenvalue weighted by molar-refractivity contribution is 5.60. The van der Waals surface area contributed by atoms with Crippen LogP contribution in [0.25, 0.3) is 11.3 Å². The summed E-state index contributed by atoms with van der Waals surface area (Å²) < 4.78 is 23.0. The van der Waals surface area contributed by atoms with Gasteiger partial charge in [-0.2, -0.15) is 0 Å². The third kappa shape index (κ3) is 2.55. The minimum atomic E-state index is -2.13. The molecule has 0 amide bonds. The minimum Gasteiger partial charge on any atom is -0.256 e. The summed E-state index contributed by atoms with van der Waals surface area (Å²) in [7, 11) is 0. The average molecular weight is 228 g/mol. The third-order valence-electron chi connectivity index (χ3n) is 2.78. The maximum atomic E-state index is 7.66. The van der Waals surface area contributed by atoms with Crippen LogP contribution in [0.1, 0.15) is 36.0 Å². The summed E-state index contributed by atoms with van der Waals surface area (Å²) in [5, 5.41) is 0. The Morgan fingerprint density at radius 2 is 1.82 bits per heavy atom. The molecule has 0 saturated carbocycles. The van der Waals surface area contributed by atoms with Crippen LogP contribution in [0.2, 0.25) is 0 Å². The van der Waals surface area contributed by atoms with Gasteiger partial charge in [-0.05, 0) is 29.5 Å². The van der Waals surface area contributed by atoms with Gasteiger partial charge in [0.1, 0.15) is 0 Å². The van der Waals surface area contributed by atoms with E-state index in [4.69, 9.17) is 4.11 Å². The van der Waals surface area contributed by atoms with Crippen molar-refractivity contribution in [3.05, 3.63) is 53.7 Å². The highest BCUT2D eigenvalue weighted by atomic mass is 14.7. The molecular weight excluding hydrogens is 206 g/mol. The minimum absolute atomic E-state index is 0.240. The Morgan fingerprint density at radius 1 is 1.12 bits per heavy atom. The summed E-state index contributed by atoms with van der Waals surface area (Å²) >= 11 is 0. The van der Waals surface area contributed by atoms with E-state index in [1.807, 2.05) is 57.2 Å². The Morgan fingerprint density at radius 3 is 2.41 bits per heavy atom. The molecular formula is C16H19N. The first-order chi connectivity index (χ1) is 9.19. The molecule has 0 unspecified atom stereocenters. The second-order valence-corrected chi connectivity index (χ2v) is 5.23. The van der Waals surface area contributed by atoms with Crippen LogP contribution in [0, 0.1) is 6.85 Å². The molecule has 0 bridgehead atoms. The van der Waals surface area contributed by atoms with Crippen molar-refractivity contribution < 1.29 is 4.11 Å². The Bertz CT molecular complexity index is 595. The summed E-state index contributed by atoms with van der Waals surface area (Å²) in [5.74, 6) is 0. The van der Waals surface area contributed by atoms with Gasteiger partial charge < -0.3 is 0 Å². The number of hydrogen-bond donors (Lipinski definition) is 0. The predicted octanol–water partition coefficient (Wildman–Crippen LogP) is 4.35. The highest BCUT2D eigenvalue weighted by Crippen LogP contribution is 2.28. The van der Waals surface area contributed by atoms with Gasteiger partial charge in [-0.3, -0.25) is 4.98 Å². The van der Waals surface area contributed by atoms with E-state index in [-0.39, 0.29) is 5.41 Å². The number of benzene rings is 1. The number of aromatic nitrogens is 1. The smallest absolute Gasteiger partial charge is 0.0705 e. The zero-order chi connectivity index (χ0) is 15.0. The predicted molar refractivity (Wildman–Crippen MR) is 73.1 cm³/mol. The molecule has 0 fully saturated rings. The van der Waals surface area contributed by atoms with Gasteiger partial charge >= 0.3 is 0 Å². The summed E-state index contributed by atoms with van der Waals surface area (Å²) in [6, 6.07) is 11.7. The van der Waals surface area contributed by atoms with Crippen molar-refractivity contribution in [3.63, 3.8) is 0 Å². The van der Waals surface area contributed by atoms with Gasteiger partial charge in [-0.25, -0.2) is 0 Å². The quantitative estimate of drug-likeness (QED) is 0.707. The van der Waals surface area contributed by atoms with Crippen molar-refractivity contribution in [2.24, 2.45) is 0 Å². The molecule has 17 heavy (non-hydrogen) atoms. The van der Waals surface area contributed by atoms with E-state index in [2.05, 4.69) is 4.98 Å². The Kier molecular flexibility index (Phi) is 2.15. The molecule has 0 saturated heterocycles. The van der Waals surface area contributed by atoms with Crippen LogP contribution in [0.4, 0.5) is 0 Å². The van der Waals surface area contributed by atoms with Crippen LogP contribution in [0.15, 0.2) is 42.6 Å². The van der Waals surface area contributed by atoms with Gasteiger partial charge in [0.2, 0.25) is 0 Å². The normalized spacial score (nSPS) is 14.9. The zero-order valence-electron chi connectivity index (χ0n) is 13.5. The van der Waals surface area contributed by atoms with Crippen molar-refractivity contribution in [1.29, 1.82) is 0 Å². The molecule has 1 aromatic heterocycles. The van der Waals surface area contributed by atoms with Gasteiger partial charge in [-0.15, -0.1) is 0 Å². The molecule has 0 aliphatic carbocycles. The lowest BCUT2D eigenvalue weighted by molar-refractivity contribution is 0.585. The summed E-state index contributed by atoms with van der Waals surface area (Å²) in [4.78, 5) is 4.33. The first-order valence-electron chi connectivity index (χ1n) is 7.26. The Labute approximate surface area is 108 Å². The molecule has 1 nitrogen and oxygen atoms in total. The topological polar surface area (TPSA) is 12.9 Å². The van der Waals surface area contributed by atoms with Gasteiger partial charge in [0.15, 0.2) is 0 Å². The molecule has 0 atom stereocenters. The van der Waals surface area contributed by atoms with Crippen molar-refractivity contribution in [3.8, 4) is 11.3 Å². The zero-order valence-corrected chi connectivity index (χ0v) is 10.5. The average Bonchev–Trinajstić information content (AvgIpc) is 2.37. The number of pyridine rings is 1. The van der Waals surface area contributed by atoms with Crippen molar-refractivity contribution in [1.82, 2.24) is 4.98 Å². The molecule has 88 valence electrons.